The molecule has 5 N–H and O–H groups in total. The Morgan fingerprint density at radius 1 is 1.10 bits per heavy atom. The van der Waals surface area contributed by atoms with Crippen molar-refractivity contribution in [2.45, 2.75) is 51.4 Å². The van der Waals surface area contributed by atoms with Gasteiger partial charge in [-0.15, -0.1) is 0 Å². The highest BCUT2D eigenvalue weighted by Crippen LogP contribution is 2.65. The molecule has 3 heterocycles. The number of aromatic nitrogens is 1. The Balaban J connectivity index is 1.21. The predicted molar refractivity (Wildman–Crippen MR) is 156 cm³/mol. The molecule has 2 saturated heterocycles. The number of benzene rings is 2. The van der Waals surface area contributed by atoms with Crippen LogP contribution in [-0.2, 0) is 20.9 Å². The lowest BCUT2D eigenvalue weighted by Crippen LogP contribution is -2.57. The summed E-state index contributed by atoms with van der Waals surface area (Å²) in [5.41, 5.74) is 2.00. The first kappa shape index (κ1) is 28.0. The van der Waals surface area contributed by atoms with Crippen LogP contribution in [0.15, 0.2) is 60.7 Å². The van der Waals surface area contributed by atoms with E-state index in [-0.39, 0.29) is 42.0 Å². The standard InChI is InChI=1S/C32H37N5O5/c1-32(2)21-17-37(31(42)24-14-19-10-6-7-11-22(19)35-24)26(25(21)32)29(40)36-23(15-20-12-13-33-28(20)39)27(38)30(41)34-16-18-8-4-3-5-9-18/h3-11,14,20-21,23,25-27,35,38H,12-13,15-17H2,1-2H3,(H,33,39)(H,34,41)(H,36,40)/t20-,21-,23?,25-,26-,27?/m0/s1. The van der Waals surface area contributed by atoms with E-state index in [2.05, 4.69) is 34.8 Å². The van der Waals surface area contributed by atoms with Crippen LogP contribution < -0.4 is 16.0 Å². The molecule has 4 amide bonds. The zero-order chi connectivity index (χ0) is 29.6. The van der Waals surface area contributed by atoms with Crippen LogP contribution in [0.25, 0.3) is 10.9 Å². The van der Waals surface area contributed by atoms with E-state index in [1.807, 2.05) is 54.6 Å². The van der Waals surface area contributed by atoms with Crippen molar-refractivity contribution in [3.8, 4) is 0 Å². The number of aliphatic hydroxyl groups excluding tert-OH is 1. The highest BCUT2D eigenvalue weighted by atomic mass is 16.3. The molecule has 0 bridgehead atoms. The second-order valence-corrected chi connectivity index (χ2v) is 12.4. The number of amides is 4. The van der Waals surface area contributed by atoms with Gasteiger partial charge in [0.25, 0.3) is 11.8 Å². The van der Waals surface area contributed by atoms with Gasteiger partial charge in [0.15, 0.2) is 6.10 Å². The fourth-order valence-electron chi connectivity index (χ4n) is 6.92. The summed E-state index contributed by atoms with van der Waals surface area (Å²) in [6.45, 7) is 5.36. The molecule has 42 heavy (non-hydrogen) atoms. The van der Waals surface area contributed by atoms with Crippen molar-refractivity contribution in [1.29, 1.82) is 0 Å². The Morgan fingerprint density at radius 2 is 1.83 bits per heavy atom. The van der Waals surface area contributed by atoms with Crippen molar-refractivity contribution in [1.82, 2.24) is 25.8 Å². The number of piperidine rings is 1. The van der Waals surface area contributed by atoms with Crippen molar-refractivity contribution in [2.24, 2.45) is 23.2 Å². The lowest BCUT2D eigenvalue weighted by atomic mass is 9.93. The molecule has 1 aliphatic carbocycles. The highest BCUT2D eigenvalue weighted by Gasteiger charge is 2.69. The Hall–Kier alpha value is -4.18. The second kappa shape index (κ2) is 10.9. The predicted octanol–water partition coefficient (Wildman–Crippen LogP) is 1.95. The number of likely N-dealkylation sites (tertiary alicyclic amines) is 1. The van der Waals surface area contributed by atoms with Crippen LogP contribution >= 0.6 is 0 Å². The van der Waals surface area contributed by atoms with Crippen molar-refractivity contribution >= 4 is 34.5 Å². The third-order valence-corrected chi connectivity index (χ3v) is 9.49. The molecule has 0 spiro atoms. The van der Waals surface area contributed by atoms with Crippen molar-refractivity contribution in [2.75, 3.05) is 13.1 Å². The molecule has 1 aromatic heterocycles. The lowest BCUT2D eigenvalue weighted by molar-refractivity contribution is -0.135. The van der Waals surface area contributed by atoms with Gasteiger partial charge in [0, 0.05) is 36.5 Å². The van der Waals surface area contributed by atoms with E-state index in [1.54, 1.807) is 11.0 Å². The average Bonchev–Trinajstić information content (AvgIpc) is 3.50. The van der Waals surface area contributed by atoms with Gasteiger partial charge in [0.1, 0.15) is 11.7 Å². The largest absolute Gasteiger partial charge is 0.381 e. The monoisotopic (exact) mass is 571 g/mol. The number of carbonyl (C=O) groups is 4. The summed E-state index contributed by atoms with van der Waals surface area (Å²) in [5, 5.41) is 20.5. The molecule has 2 unspecified atom stereocenters. The number of fused-ring (bicyclic) bond motifs is 2. The SMILES string of the molecule is CC1(C)[C@@H]2[C@@H](C(=O)NC(C[C@@H]3CCNC3=O)C(O)C(=O)NCc3ccccc3)N(C(=O)c3cc4ccccc4[nH]3)C[C@@H]21. The molecule has 3 fully saturated rings. The minimum absolute atomic E-state index is 0.0506. The van der Waals surface area contributed by atoms with E-state index in [1.165, 1.54) is 0 Å². The fourth-order valence-corrected chi connectivity index (χ4v) is 6.92. The quantitative estimate of drug-likeness (QED) is 0.267. The minimum atomic E-state index is -1.58. The summed E-state index contributed by atoms with van der Waals surface area (Å²) >= 11 is 0. The summed E-state index contributed by atoms with van der Waals surface area (Å²) < 4.78 is 0. The summed E-state index contributed by atoms with van der Waals surface area (Å²) in [4.78, 5) is 58.0. The van der Waals surface area contributed by atoms with E-state index in [9.17, 15) is 24.3 Å². The molecular weight excluding hydrogens is 534 g/mol. The molecule has 1 saturated carbocycles. The maximum absolute atomic E-state index is 14.0. The number of carbonyl (C=O) groups excluding carboxylic acids is 4. The van der Waals surface area contributed by atoms with Gasteiger partial charge in [0.2, 0.25) is 11.8 Å². The van der Waals surface area contributed by atoms with Gasteiger partial charge in [0.05, 0.1) is 6.04 Å². The Labute approximate surface area is 244 Å². The van der Waals surface area contributed by atoms with E-state index in [0.717, 1.165) is 16.5 Å². The first-order chi connectivity index (χ1) is 20.1. The van der Waals surface area contributed by atoms with Gasteiger partial charge in [-0.3, -0.25) is 19.2 Å². The smallest absolute Gasteiger partial charge is 0.271 e. The second-order valence-electron chi connectivity index (χ2n) is 12.4. The van der Waals surface area contributed by atoms with Crippen LogP contribution in [0.3, 0.4) is 0 Å². The first-order valence-corrected chi connectivity index (χ1v) is 14.6. The van der Waals surface area contributed by atoms with E-state index >= 15 is 0 Å². The zero-order valence-electron chi connectivity index (χ0n) is 23.8. The number of rotatable bonds is 9. The van der Waals surface area contributed by atoms with Crippen LogP contribution in [0, 0.1) is 23.2 Å². The fraction of sp³-hybridized carbons (Fsp3) is 0.438. The maximum Gasteiger partial charge on any atom is 0.271 e. The van der Waals surface area contributed by atoms with Crippen LogP contribution in [0.5, 0.6) is 0 Å². The lowest BCUT2D eigenvalue weighted by Gasteiger charge is -2.32. The molecular formula is C32H37N5O5. The van der Waals surface area contributed by atoms with E-state index in [4.69, 9.17) is 0 Å². The third kappa shape index (κ3) is 5.15. The molecule has 3 aliphatic rings. The van der Waals surface area contributed by atoms with Gasteiger partial charge in [-0.1, -0.05) is 62.4 Å². The molecule has 6 rings (SSSR count). The molecule has 10 nitrogen and oxygen atoms in total. The molecule has 3 aromatic rings. The summed E-state index contributed by atoms with van der Waals surface area (Å²) in [5.74, 6) is -1.80. The molecule has 220 valence electrons. The van der Waals surface area contributed by atoms with Gasteiger partial charge >= 0.3 is 0 Å². The summed E-state index contributed by atoms with van der Waals surface area (Å²) in [7, 11) is 0. The van der Waals surface area contributed by atoms with Crippen LogP contribution in [0.4, 0.5) is 0 Å². The zero-order valence-corrected chi connectivity index (χ0v) is 23.8. The van der Waals surface area contributed by atoms with E-state index in [0.29, 0.717) is 25.2 Å². The first-order valence-electron chi connectivity index (χ1n) is 14.6. The minimum Gasteiger partial charge on any atom is -0.381 e. The number of hydrogen-bond donors (Lipinski definition) is 5. The van der Waals surface area contributed by atoms with Crippen LogP contribution in [0.2, 0.25) is 0 Å². The molecule has 6 atom stereocenters. The van der Waals surface area contributed by atoms with Gasteiger partial charge in [-0.05, 0) is 47.8 Å². The normalized spacial score (nSPS) is 25.4. The number of para-hydroxylation sites is 1. The van der Waals surface area contributed by atoms with Crippen molar-refractivity contribution in [3.63, 3.8) is 0 Å². The maximum atomic E-state index is 14.0. The van der Waals surface area contributed by atoms with Crippen LogP contribution in [-0.4, -0.2) is 69.9 Å². The summed E-state index contributed by atoms with van der Waals surface area (Å²) in [6, 6.07) is 17.0. The number of aliphatic hydroxyl groups is 1. The van der Waals surface area contributed by atoms with Crippen LogP contribution in [0.1, 0.15) is 42.7 Å². The van der Waals surface area contributed by atoms with Gasteiger partial charge in [-0.25, -0.2) is 0 Å². The van der Waals surface area contributed by atoms with Crippen molar-refractivity contribution in [3.05, 3.63) is 71.9 Å². The number of nitrogens with zero attached hydrogens (tertiary/aromatic N) is 1. The number of H-pyrrole nitrogens is 1. The molecule has 2 aromatic carbocycles. The molecule has 2 aliphatic heterocycles. The molecule has 0 radical (unpaired) electrons. The Kier molecular flexibility index (Phi) is 7.26. The van der Waals surface area contributed by atoms with Crippen molar-refractivity contribution < 1.29 is 24.3 Å². The highest BCUT2D eigenvalue weighted by molar-refractivity contribution is 6.01. The van der Waals surface area contributed by atoms with E-state index < -0.39 is 35.9 Å². The molecule has 10 heteroatoms. The topological polar surface area (TPSA) is 144 Å². The average molecular weight is 572 g/mol. The Morgan fingerprint density at radius 3 is 2.55 bits per heavy atom. The number of aromatic amines is 1. The number of nitrogens with one attached hydrogen (secondary N) is 4. The Bertz CT molecular complexity index is 1480. The third-order valence-electron chi connectivity index (χ3n) is 9.49. The summed E-state index contributed by atoms with van der Waals surface area (Å²) in [6.07, 6.45) is -0.916. The number of hydrogen-bond acceptors (Lipinski definition) is 5. The van der Waals surface area contributed by atoms with Gasteiger partial charge < -0.3 is 30.9 Å². The van der Waals surface area contributed by atoms with Gasteiger partial charge in [-0.2, -0.15) is 0 Å².